The third-order valence-electron chi connectivity index (χ3n) is 4.89. The first-order valence-corrected chi connectivity index (χ1v) is 9.55. The van der Waals surface area contributed by atoms with Crippen molar-refractivity contribution in [2.75, 3.05) is 46.9 Å². The standard InChI is InChI=1S/C20H34N4O.HI/c1-4-13-24-14-10-18(11-15-24)16-23-20(21-2)22-12-9-17-5-7-19(25-3)8-6-17;/h5-8,18H,4,9-16H2,1-3H3,(H2,21,22,23);1H. The molecule has 0 spiro atoms. The van der Waals surface area contributed by atoms with Crippen molar-refractivity contribution in [3.63, 3.8) is 0 Å². The number of ether oxygens (including phenoxy) is 1. The fourth-order valence-corrected chi connectivity index (χ4v) is 3.31. The molecule has 1 saturated heterocycles. The van der Waals surface area contributed by atoms with E-state index in [-0.39, 0.29) is 24.0 Å². The number of hydrogen-bond donors (Lipinski definition) is 2. The molecular weight excluding hydrogens is 439 g/mol. The molecule has 0 bridgehead atoms. The van der Waals surface area contributed by atoms with Crippen LogP contribution in [-0.4, -0.2) is 57.7 Å². The largest absolute Gasteiger partial charge is 0.497 e. The zero-order valence-electron chi connectivity index (χ0n) is 16.5. The van der Waals surface area contributed by atoms with Gasteiger partial charge >= 0.3 is 0 Å². The number of guanidine groups is 1. The molecular formula is C20H35IN4O. The van der Waals surface area contributed by atoms with E-state index in [1.807, 2.05) is 19.2 Å². The first-order valence-electron chi connectivity index (χ1n) is 9.55. The van der Waals surface area contributed by atoms with Crippen LogP contribution in [-0.2, 0) is 6.42 Å². The zero-order chi connectivity index (χ0) is 17.9. The quantitative estimate of drug-likeness (QED) is 0.346. The molecule has 1 aliphatic heterocycles. The third kappa shape index (κ3) is 8.12. The highest BCUT2D eigenvalue weighted by Gasteiger charge is 2.18. The van der Waals surface area contributed by atoms with E-state index in [0.29, 0.717) is 0 Å². The molecule has 6 heteroatoms. The Morgan fingerprint density at radius 1 is 1.19 bits per heavy atom. The summed E-state index contributed by atoms with van der Waals surface area (Å²) in [5.41, 5.74) is 1.30. The molecule has 0 amide bonds. The van der Waals surface area contributed by atoms with Crippen molar-refractivity contribution in [1.82, 2.24) is 15.5 Å². The second kappa shape index (κ2) is 13.2. The van der Waals surface area contributed by atoms with Crippen LogP contribution in [0, 0.1) is 5.92 Å². The summed E-state index contributed by atoms with van der Waals surface area (Å²) in [6.45, 7) is 7.88. The van der Waals surface area contributed by atoms with Gasteiger partial charge in [0.15, 0.2) is 5.96 Å². The van der Waals surface area contributed by atoms with E-state index in [2.05, 4.69) is 39.6 Å². The number of aliphatic imine (C=N–C) groups is 1. The van der Waals surface area contributed by atoms with Gasteiger partial charge in [-0.15, -0.1) is 24.0 Å². The molecule has 2 N–H and O–H groups in total. The summed E-state index contributed by atoms with van der Waals surface area (Å²) in [5, 5.41) is 6.90. The second-order valence-corrected chi connectivity index (χ2v) is 6.76. The number of hydrogen-bond acceptors (Lipinski definition) is 3. The van der Waals surface area contributed by atoms with E-state index in [0.717, 1.165) is 37.1 Å². The molecule has 2 rings (SSSR count). The first-order chi connectivity index (χ1) is 12.2. The van der Waals surface area contributed by atoms with Crippen LogP contribution in [0.15, 0.2) is 29.3 Å². The van der Waals surface area contributed by atoms with E-state index in [1.54, 1.807) is 7.11 Å². The van der Waals surface area contributed by atoms with Gasteiger partial charge in [-0.05, 0) is 68.9 Å². The minimum Gasteiger partial charge on any atom is -0.497 e. The summed E-state index contributed by atoms with van der Waals surface area (Å²) in [5.74, 6) is 2.57. The fourth-order valence-electron chi connectivity index (χ4n) is 3.31. The van der Waals surface area contributed by atoms with Crippen LogP contribution in [0.1, 0.15) is 31.7 Å². The molecule has 1 aliphatic rings. The number of nitrogens with zero attached hydrogens (tertiary/aromatic N) is 2. The Balaban J connectivity index is 0.00000338. The Hall–Kier alpha value is -1.02. The summed E-state index contributed by atoms with van der Waals surface area (Å²) >= 11 is 0. The number of halogens is 1. The van der Waals surface area contributed by atoms with Crippen molar-refractivity contribution in [2.45, 2.75) is 32.6 Å². The second-order valence-electron chi connectivity index (χ2n) is 6.76. The van der Waals surface area contributed by atoms with Gasteiger partial charge in [-0.1, -0.05) is 19.1 Å². The van der Waals surface area contributed by atoms with Crippen molar-refractivity contribution in [2.24, 2.45) is 10.9 Å². The van der Waals surface area contributed by atoms with Gasteiger partial charge in [0.05, 0.1) is 7.11 Å². The molecule has 26 heavy (non-hydrogen) atoms. The van der Waals surface area contributed by atoms with Gasteiger partial charge in [-0.2, -0.15) is 0 Å². The van der Waals surface area contributed by atoms with Crippen LogP contribution in [0.4, 0.5) is 0 Å². The van der Waals surface area contributed by atoms with Crippen LogP contribution in [0.5, 0.6) is 5.75 Å². The van der Waals surface area contributed by atoms with Crippen LogP contribution in [0.3, 0.4) is 0 Å². The maximum Gasteiger partial charge on any atom is 0.190 e. The third-order valence-corrected chi connectivity index (χ3v) is 4.89. The van der Waals surface area contributed by atoms with E-state index in [4.69, 9.17) is 4.74 Å². The molecule has 1 fully saturated rings. The van der Waals surface area contributed by atoms with Crippen LogP contribution >= 0.6 is 24.0 Å². The Bertz CT molecular complexity index is 513. The lowest BCUT2D eigenvalue weighted by Gasteiger charge is -2.32. The van der Waals surface area contributed by atoms with Crippen molar-refractivity contribution >= 4 is 29.9 Å². The molecule has 0 unspecified atom stereocenters. The van der Waals surface area contributed by atoms with Crippen molar-refractivity contribution < 1.29 is 4.74 Å². The Morgan fingerprint density at radius 3 is 2.46 bits per heavy atom. The van der Waals surface area contributed by atoms with Gasteiger partial charge in [-0.25, -0.2) is 0 Å². The van der Waals surface area contributed by atoms with E-state index >= 15 is 0 Å². The predicted molar refractivity (Wildman–Crippen MR) is 121 cm³/mol. The van der Waals surface area contributed by atoms with Gasteiger partial charge in [0.25, 0.3) is 0 Å². The minimum absolute atomic E-state index is 0. The summed E-state index contributed by atoms with van der Waals surface area (Å²) in [6, 6.07) is 8.24. The summed E-state index contributed by atoms with van der Waals surface area (Å²) < 4.78 is 5.19. The number of methoxy groups -OCH3 is 1. The topological polar surface area (TPSA) is 48.9 Å². The molecule has 1 aromatic carbocycles. The van der Waals surface area contributed by atoms with E-state index in [1.165, 1.54) is 44.5 Å². The van der Waals surface area contributed by atoms with Gasteiger partial charge in [0.1, 0.15) is 5.75 Å². The zero-order valence-corrected chi connectivity index (χ0v) is 18.8. The van der Waals surface area contributed by atoms with Crippen LogP contribution in [0.25, 0.3) is 0 Å². The first kappa shape index (κ1) is 23.0. The van der Waals surface area contributed by atoms with Gasteiger partial charge in [0, 0.05) is 20.1 Å². The van der Waals surface area contributed by atoms with Gasteiger partial charge in [-0.3, -0.25) is 4.99 Å². The SMILES string of the molecule is CCCN1CCC(CNC(=NC)NCCc2ccc(OC)cc2)CC1.I. The number of nitrogens with one attached hydrogen (secondary N) is 2. The molecule has 1 aromatic rings. The van der Waals surface area contributed by atoms with Gasteiger partial charge in [0.2, 0.25) is 0 Å². The lowest BCUT2D eigenvalue weighted by Crippen LogP contribution is -2.43. The molecule has 0 aromatic heterocycles. The molecule has 0 atom stereocenters. The lowest BCUT2D eigenvalue weighted by atomic mass is 9.97. The average molecular weight is 474 g/mol. The maximum atomic E-state index is 5.19. The normalized spacial score (nSPS) is 16.0. The minimum atomic E-state index is 0. The van der Waals surface area contributed by atoms with E-state index in [9.17, 15) is 0 Å². The Labute approximate surface area is 176 Å². The maximum absolute atomic E-state index is 5.19. The summed E-state index contributed by atoms with van der Waals surface area (Å²) in [6.07, 6.45) is 4.81. The van der Waals surface area contributed by atoms with E-state index < -0.39 is 0 Å². The predicted octanol–water partition coefficient (Wildman–Crippen LogP) is 3.14. The molecule has 0 saturated carbocycles. The highest BCUT2D eigenvalue weighted by atomic mass is 127. The smallest absolute Gasteiger partial charge is 0.190 e. The average Bonchev–Trinajstić information content (AvgIpc) is 2.66. The molecule has 148 valence electrons. The lowest BCUT2D eigenvalue weighted by molar-refractivity contribution is 0.185. The highest BCUT2D eigenvalue weighted by molar-refractivity contribution is 14.0. The van der Waals surface area contributed by atoms with Crippen LogP contribution in [0.2, 0.25) is 0 Å². The molecule has 5 nitrogen and oxygen atoms in total. The summed E-state index contributed by atoms with van der Waals surface area (Å²) in [4.78, 5) is 6.92. The highest BCUT2D eigenvalue weighted by Crippen LogP contribution is 2.16. The Morgan fingerprint density at radius 2 is 1.88 bits per heavy atom. The van der Waals surface area contributed by atoms with Gasteiger partial charge < -0.3 is 20.3 Å². The summed E-state index contributed by atoms with van der Waals surface area (Å²) in [7, 11) is 3.53. The fraction of sp³-hybridized carbons (Fsp3) is 0.650. The van der Waals surface area contributed by atoms with Crippen LogP contribution < -0.4 is 15.4 Å². The van der Waals surface area contributed by atoms with Crippen molar-refractivity contribution in [1.29, 1.82) is 0 Å². The molecule has 0 radical (unpaired) electrons. The molecule has 1 heterocycles. The number of rotatable bonds is 8. The van der Waals surface area contributed by atoms with Crippen molar-refractivity contribution in [3.05, 3.63) is 29.8 Å². The molecule has 0 aliphatic carbocycles. The monoisotopic (exact) mass is 474 g/mol. The Kier molecular flexibility index (Phi) is 11.7. The number of piperidine rings is 1. The number of likely N-dealkylation sites (tertiary alicyclic amines) is 1. The number of benzene rings is 1. The van der Waals surface area contributed by atoms with Crippen molar-refractivity contribution in [3.8, 4) is 5.75 Å².